The molecule has 0 saturated heterocycles. The van der Waals surface area contributed by atoms with Gasteiger partial charge in [0.05, 0.1) is 20.2 Å². The third kappa shape index (κ3) is 10.9. The standard InChI is InChI=1S/C17H20ClN5O3.C14H13ClN4O3.C4H10O/c1-3-23(26-2)16(24)15-13-10-22(8-7-14(13)20-21-15)17(25)19-12-6-4-5-11(18)9-12;15-8-2-1-3-9(6-8)16-14(22)19-5-4-11-10(7-19)12(13(20)21)18-17-11;1-3-4-5-2/h4-6,9H,3,7-8,10H2,1-2H3,(H,19,25)(H,20,21);1-3,6H,4-5,7H2,(H,16,22)(H,17,18)(H,20,21);3-4H2,1-2H3. The van der Waals surface area contributed by atoms with E-state index in [1.54, 1.807) is 65.4 Å². The Morgan fingerprint density at radius 3 is 1.72 bits per heavy atom. The van der Waals surface area contributed by atoms with Crippen LogP contribution in [0.25, 0.3) is 0 Å². The van der Waals surface area contributed by atoms with Gasteiger partial charge in [0.25, 0.3) is 5.91 Å². The van der Waals surface area contributed by atoms with Crippen molar-refractivity contribution in [1.29, 1.82) is 0 Å². The van der Waals surface area contributed by atoms with E-state index in [2.05, 4.69) is 38.0 Å². The lowest BCUT2D eigenvalue weighted by atomic mass is 10.1. The molecule has 2 aliphatic heterocycles. The minimum absolute atomic E-state index is 0.0322. The Morgan fingerprint density at radius 1 is 0.830 bits per heavy atom. The molecule has 0 atom stereocenters. The molecule has 2 aliphatic rings. The molecule has 0 unspecified atom stereocenters. The number of fused-ring (bicyclic) bond motifs is 2. The van der Waals surface area contributed by atoms with Crippen molar-refractivity contribution in [1.82, 2.24) is 35.3 Å². The molecule has 5 N–H and O–H groups in total. The van der Waals surface area contributed by atoms with Gasteiger partial charge >= 0.3 is 18.0 Å². The van der Waals surface area contributed by atoms with Crippen LogP contribution in [0.5, 0.6) is 0 Å². The maximum Gasteiger partial charge on any atom is 0.356 e. The zero-order valence-corrected chi connectivity index (χ0v) is 31.4. The summed E-state index contributed by atoms with van der Waals surface area (Å²) in [6.07, 6.45) is 2.26. The highest BCUT2D eigenvalue weighted by molar-refractivity contribution is 6.31. The number of aromatic nitrogens is 4. The molecule has 0 saturated carbocycles. The smallest absolute Gasteiger partial charge is 0.356 e. The van der Waals surface area contributed by atoms with Crippen molar-refractivity contribution in [3.63, 3.8) is 0 Å². The van der Waals surface area contributed by atoms with Gasteiger partial charge in [-0.2, -0.15) is 10.2 Å². The number of urea groups is 2. The maximum atomic E-state index is 12.6. The second-order valence-electron chi connectivity index (χ2n) is 11.8. The average molecular weight is 773 g/mol. The number of hydroxylamine groups is 2. The van der Waals surface area contributed by atoms with Crippen molar-refractivity contribution in [3.8, 4) is 0 Å². The van der Waals surface area contributed by atoms with Crippen molar-refractivity contribution < 1.29 is 33.9 Å². The SMILES string of the molecule is CCCOC.CCN(OC)C(=O)c1n[nH]c2c1CN(C(=O)Nc1cccc(Cl)c1)CC2.O=C(O)c1n[nH]c2c1CN(C(=O)Nc1cccc(Cl)c1)CC2. The summed E-state index contributed by atoms with van der Waals surface area (Å²) in [7, 11) is 3.15. The summed E-state index contributed by atoms with van der Waals surface area (Å²) >= 11 is 11.8. The van der Waals surface area contributed by atoms with Crippen LogP contribution < -0.4 is 10.6 Å². The van der Waals surface area contributed by atoms with E-state index in [4.69, 9.17) is 37.9 Å². The molecular weight excluding hydrogens is 729 g/mol. The second-order valence-corrected chi connectivity index (χ2v) is 12.6. The lowest BCUT2D eigenvalue weighted by molar-refractivity contribution is -0.0919. The molecule has 6 rings (SSSR count). The monoisotopic (exact) mass is 771 g/mol. The summed E-state index contributed by atoms with van der Waals surface area (Å²) < 4.78 is 4.69. The van der Waals surface area contributed by atoms with Crippen LogP contribution in [-0.4, -0.2) is 105 Å². The van der Waals surface area contributed by atoms with E-state index in [9.17, 15) is 19.2 Å². The van der Waals surface area contributed by atoms with E-state index in [0.717, 1.165) is 30.0 Å². The lowest BCUT2D eigenvalue weighted by Crippen LogP contribution is -2.39. The molecule has 0 aliphatic carbocycles. The van der Waals surface area contributed by atoms with Crippen LogP contribution in [0.2, 0.25) is 10.0 Å². The van der Waals surface area contributed by atoms with Crippen LogP contribution in [0.15, 0.2) is 48.5 Å². The van der Waals surface area contributed by atoms with Crippen molar-refractivity contribution in [2.24, 2.45) is 0 Å². The number of hydrogen-bond acceptors (Lipinski definition) is 8. The molecule has 4 heterocycles. The molecule has 18 heteroatoms. The number of carboxylic acids is 1. The number of benzene rings is 2. The Balaban J connectivity index is 0.000000212. The number of rotatable bonds is 8. The fourth-order valence-corrected chi connectivity index (χ4v) is 5.89. The number of carbonyl (C=O) groups excluding carboxylic acids is 3. The van der Waals surface area contributed by atoms with Gasteiger partial charge in [-0.15, -0.1) is 0 Å². The van der Waals surface area contributed by atoms with Crippen LogP contribution in [0.4, 0.5) is 21.0 Å². The summed E-state index contributed by atoms with van der Waals surface area (Å²) in [5, 5.41) is 30.5. The number of ether oxygens (including phenoxy) is 1. The van der Waals surface area contributed by atoms with Crippen molar-refractivity contribution in [3.05, 3.63) is 92.5 Å². The van der Waals surface area contributed by atoms with E-state index >= 15 is 0 Å². The Hall–Kier alpha value is -5.16. The number of carboxylic acid groups (broad SMARTS) is 1. The highest BCUT2D eigenvalue weighted by Crippen LogP contribution is 2.24. The number of methoxy groups -OCH3 is 1. The van der Waals surface area contributed by atoms with E-state index < -0.39 is 5.97 Å². The molecule has 0 radical (unpaired) electrons. The van der Waals surface area contributed by atoms with E-state index in [1.807, 2.05) is 6.92 Å². The van der Waals surface area contributed by atoms with Crippen LogP contribution in [0.3, 0.4) is 0 Å². The molecular formula is C35H43Cl2N9O7. The first-order valence-electron chi connectivity index (χ1n) is 16.8. The highest BCUT2D eigenvalue weighted by Gasteiger charge is 2.30. The van der Waals surface area contributed by atoms with E-state index in [-0.39, 0.29) is 35.9 Å². The molecule has 2 aromatic carbocycles. The number of nitrogens with one attached hydrogen (secondary N) is 4. The van der Waals surface area contributed by atoms with Gasteiger partial charge in [-0.1, -0.05) is 42.3 Å². The molecule has 53 heavy (non-hydrogen) atoms. The first-order valence-corrected chi connectivity index (χ1v) is 17.6. The molecule has 5 amide bonds. The van der Waals surface area contributed by atoms with Crippen LogP contribution in [0, 0.1) is 0 Å². The highest BCUT2D eigenvalue weighted by atomic mass is 35.5. The van der Waals surface area contributed by atoms with E-state index in [1.165, 1.54) is 12.2 Å². The third-order valence-corrected chi connectivity index (χ3v) is 8.61. The summed E-state index contributed by atoms with van der Waals surface area (Å²) in [5.41, 5.74) is 4.37. The number of nitrogens with zero attached hydrogens (tertiary/aromatic N) is 5. The summed E-state index contributed by atoms with van der Waals surface area (Å²) in [5.74, 6) is -1.43. The predicted octanol–water partition coefficient (Wildman–Crippen LogP) is 6.07. The van der Waals surface area contributed by atoms with Gasteiger partial charge in [0.2, 0.25) is 0 Å². The molecule has 0 bridgehead atoms. The van der Waals surface area contributed by atoms with Gasteiger partial charge in [0, 0.05) is 90.1 Å². The average Bonchev–Trinajstić information content (AvgIpc) is 3.77. The van der Waals surface area contributed by atoms with Gasteiger partial charge in [-0.05, 0) is 49.7 Å². The Morgan fingerprint density at radius 2 is 1.32 bits per heavy atom. The van der Waals surface area contributed by atoms with Crippen LogP contribution >= 0.6 is 23.2 Å². The molecule has 0 spiro atoms. The van der Waals surface area contributed by atoms with E-state index in [0.29, 0.717) is 66.0 Å². The molecule has 284 valence electrons. The lowest BCUT2D eigenvalue weighted by Gasteiger charge is -2.27. The molecule has 0 fully saturated rings. The molecule has 4 aromatic rings. The summed E-state index contributed by atoms with van der Waals surface area (Å²) in [4.78, 5) is 56.7. The first-order chi connectivity index (χ1) is 25.5. The minimum atomic E-state index is -1.10. The predicted molar refractivity (Wildman–Crippen MR) is 199 cm³/mol. The number of amides is 5. The van der Waals surface area contributed by atoms with Crippen LogP contribution in [0.1, 0.15) is 63.8 Å². The number of aromatic carboxylic acids is 1. The number of carbonyl (C=O) groups is 4. The third-order valence-electron chi connectivity index (χ3n) is 8.14. The first kappa shape index (κ1) is 40.6. The summed E-state index contributed by atoms with van der Waals surface area (Å²) in [6.45, 7) is 6.70. The van der Waals surface area contributed by atoms with Crippen molar-refractivity contribution in [2.45, 2.75) is 46.2 Å². The van der Waals surface area contributed by atoms with Crippen LogP contribution in [-0.2, 0) is 35.5 Å². The normalized spacial score (nSPS) is 12.9. The Labute approximate surface area is 316 Å². The number of halogens is 2. The number of H-pyrrole nitrogens is 2. The van der Waals surface area contributed by atoms with Gasteiger partial charge in [-0.3, -0.25) is 19.8 Å². The van der Waals surface area contributed by atoms with Crippen molar-refractivity contribution >= 4 is 58.5 Å². The quantitative estimate of drug-likeness (QED) is 0.132. The number of hydrogen-bond donors (Lipinski definition) is 5. The second kappa shape index (κ2) is 19.6. The largest absolute Gasteiger partial charge is 0.476 e. The number of anilines is 2. The number of aromatic amines is 2. The topological polar surface area (TPSA) is 198 Å². The van der Waals surface area contributed by atoms with Gasteiger partial charge in [-0.25, -0.2) is 19.4 Å². The zero-order chi connectivity index (χ0) is 38.5. The van der Waals surface area contributed by atoms with Gasteiger partial charge in [0.1, 0.15) is 0 Å². The van der Waals surface area contributed by atoms with Gasteiger partial charge < -0.3 is 30.3 Å². The molecule has 16 nitrogen and oxygen atoms in total. The maximum absolute atomic E-state index is 12.6. The molecule has 2 aromatic heterocycles. The summed E-state index contributed by atoms with van der Waals surface area (Å²) in [6, 6.07) is 13.2. The fourth-order valence-electron chi connectivity index (χ4n) is 5.51. The Bertz CT molecular complexity index is 1880. The zero-order valence-electron chi connectivity index (χ0n) is 29.9. The van der Waals surface area contributed by atoms with Crippen molar-refractivity contribution in [2.75, 3.05) is 51.1 Å². The fraction of sp³-hybridized carbons (Fsp3) is 0.371. The minimum Gasteiger partial charge on any atom is -0.476 e. The van der Waals surface area contributed by atoms with Gasteiger partial charge in [0.15, 0.2) is 11.4 Å². The Kier molecular flexibility index (Phi) is 15.0.